The average molecular weight is 281 g/mol. The van der Waals surface area contributed by atoms with Gasteiger partial charge in [0.05, 0.1) is 5.69 Å². The number of anilines is 1. The van der Waals surface area contributed by atoms with E-state index in [0.29, 0.717) is 6.04 Å². The van der Waals surface area contributed by atoms with Gasteiger partial charge in [-0.25, -0.2) is 4.98 Å². The summed E-state index contributed by atoms with van der Waals surface area (Å²) in [6.45, 7) is 6.26. The van der Waals surface area contributed by atoms with Crippen LogP contribution >= 0.6 is 11.3 Å². The molecule has 0 unspecified atom stereocenters. The molecule has 0 spiro atoms. The van der Waals surface area contributed by atoms with E-state index in [1.165, 1.54) is 54.2 Å². The lowest BCUT2D eigenvalue weighted by Crippen LogP contribution is -2.30. The molecule has 1 N–H and O–H groups in total. The number of hydrogen-bond donors (Lipinski definition) is 1. The topological polar surface area (TPSA) is 28.2 Å². The van der Waals surface area contributed by atoms with Crippen LogP contribution in [0, 0.1) is 6.92 Å². The van der Waals surface area contributed by atoms with Crippen molar-refractivity contribution < 1.29 is 0 Å². The first kappa shape index (κ1) is 14.8. The Morgan fingerprint density at radius 1 is 1.26 bits per heavy atom. The fraction of sp³-hybridized carbons (Fsp3) is 0.800. The van der Waals surface area contributed by atoms with Gasteiger partial charge in [-0.3, -0.25) is 0 Å². The van der Waals surface area contributed by atoms with Crippen LogP contribution in [0.3, 0.4) is 0 Å². The summed E-state index contributed by atoms with van der Waals surface area (Å²) in [4.78, 5) is 8.59. The second-order valence-electron chi connectivity index (χ2n) is 5.54. The van der Waals surface area contributed by atoms with Gasteiger partial charge in [0, 0.05) is 24.5 Å². The van der Waals surface area contributed by atoms with Crippen LogP contribution < -0.4 is 10.2 Å². The number of thiazole rings is 1. The van der Waals surface area contributed by atoms with Crippen LogP contribution in [0.25, 0.3) is 0 Å². The Balaban J connectivity index is 2.03. The van der Waals surface area contributed by atoms with E-state index in [2.05, 4.69) is 31.1 Å². The lowest BCUT2D eigenvalue weighted by molar-refractivity contribution is 0.552. The molecular formula is C15H27N3S. The highest BCUT2D eigenvalue weighted by atomic mass is 32.1. The molecular weight excluding hydrogens is 254 g/mol. The summed E-state index contributed by atoms with van der Waals surface area (Å²) >= 11 is 1.86. The second kappa shape index (κ2) is 7.25. The minimum absolute atomic E-state index is 0.694. The minimum Gasteiger partial charge on any atom is -0.348 e. The van der Waals surface area contributed by atoms with E-state index < -0.39 is 0 Å². The maximum atomic E-state index is 4.77. The standard InChI is InChI=1S/C15H27N3S/c1-4-16-11-14-12(2)17-15(19-14)18(3)13-9-7-5-6-8-10-13/h13,16H,4-11H2,1-3H3. The van der Waals surface area contributed by atoms with Crippen molar-refractivity contribution in [2.24, 2.45) is 0 Å². The van der Waals surface area contributed by atoms with Crippen molar-refractivity contribution in [2.45, 2.75) is 65.0 Å². The van der Waals surface area contributed by atoms with Crippen LogP contribution in [-0.2, 0) is 6.54 Å². The van der Waals surface area contributed by atoms with Crippen LogP contribution in [0.4, 0.5) is 5.13 Å². The molecule has 0 bridgehead atoms. The predicted molar refractivity (Wildman–Crippen MR) is 84.1 cm³/mol. The fourth-order valence-corrected chi connectivity index (χ4v) is 3.83. The van der Waals surface area contributed by atoms with Crippen LogP contribution in [0.5, 0.6) is 0 Å². The molecule has 1 aromatic heterocycles. The van der Waals surface area contributed by atoms with Gasteiger partial charge in [0.15, 0.2) is 5.13 Å². The van der Waals surface area contributed by atoms with E-state index >= 15 is 0 Å². The van der Waals surface area contributed by atoms with E-state index in [9.17, 15) is 0 Å². The molecule has 19 heavy (non-hydrogen) atoms. The monoisotopic (exact) mass is 281 g/mol. The average Bonchev–Trinajstić information content (AvgIpc) is 2.64. The van der Waals surface area contributed by atoms with Gasteiger partial charge in [-0.1, -0.05) is 32.6 Å². The van der Waals surface area contributed by atoms with Crippen LogP contribution in [0.1, 0.15) is 56.0 Å². The second-order valence-corrected chi connectivity index (χ2v) is 6.60. The molecule has 1 fully saturated rings. The molecule has 0 radical (unpaired) electrons. The largest absolute Gasteiger partial charge is 0.348 e. The fourth-order valence-electron chi connectivity index (χ4n) is 2.77. The molecule has 1 aliphatic rings. The first-order valence-electron chi connectivity index (χ1n) is 7.62. The minimum atomic E-state index is 0.694. The quantitative estimate of drug-likeness (QED) is 0.834. The number of aryl methyl sites for hydroxylation is 1. The van der Waals surface area contributed by atoms with Gasteiger partial charge in [0.1, 0.15) is 0 Å². The normalized spacial score (nSPS) is 17.4. The number of hydrogen-bond acceptors (Lipinski definition) is 4. The maximum Gasteiger partial charge on any atom is 0.185 e. The van der Waals surface area contributed by atoms with Gasteiger partial charge < -0.3 is 10.2 Å². The van der Waals surface area contributed by atoms with Crippen molar-refractivity contribution in [2.75, 3.05) is 18.5 Å². The number of rotatable bonds is 5. The number of aromatic nitrogens is 1. The van der Waals surface area contributed by atoms with Crippen molar-refractivity contribution in [3.05, 3.63) is 10.6 Å². The SMILES string of the molecule is CCNCc1sc(N(C)C2CCCCCC2)nc1C. The number of nitrogens with one attached hydrogen (secondary N) is 1. The molecule has 1 aliphatic carbocycles. The van der Waals surface area contributed by atoms with Gasteiger partial charge in [0.25, 0.3) is 0 Å². The molecule has 108 valence electrons. The van der Waals surface area contributed by atoms with E-state index in [4.69, 9.17) is 4.98 Å². The van der Waals surface area contributed by atoms with Crippen LogP contribution in [0.2, 0.25) is 0 Å². The predicted octanol–water partition coefficient (Wildman–Crippen LogP) is 3.72. The molecule has 1 aromatic rings. The lowest BCUT2D eigenvalue weighted by atomic mass is 10.1. The van der Waals surface area contributed by atoms with Gasteiger partial charge in [-0.2, -0.15) is 0 Å². The van der Waals surface area contributed by atoms with Crippen molar-refractivity contribution in [3.63, 3.8) is 0 Å². The van der Waals surface area contributed by atoms with Gasteiger partial charge in [-0.05, 0) is 26.3 Å². The molecule has 3 nitrogen and oxygen atoms in total. The van der Waals surface area contributed by atoms with E-state index in [0.717, 1.165) is 13.1 Å². The third-order valence-corrected chi connectivity index (χ3v) is 5.34. The Kier molecular flexibility index (Phi) is 5.64. The van der Waals surface area contributed by atoms with E-state index in [-0.39, 0.29) is 0 Å². The third-order valence-electron chi connectivity index (χ3n) is 4.09. The molecule has 1 heterocycles. The maximum absolute atomic E-state index is 4.77. The van der Waals surface area contributed by atoms with Crippen molar-refractivity contribution in [3.8, 4) is 0 Å². The van der Waals surface area contributed by atoms with Crippen LogP contribution in [0.15, 0.2) is 0 Å². The summed E-state index contributed by atoms with van der Waals surface area (Å²) in [5, 5.41) is 4.60. The van der Waals surface area contributed by atoms with Crippen molar-refractivity contribution in [1.82, 2.24) is 10.3 Å². The summed E-state index contributed by atoms with van der Waals surface area (Å²) in [6, 6.07) is 0.694. The van der Waals surface area contributed by atoms with E-state index in [1.54, 1.807) is 0 Å². The molecule has 0 aliphatic heterocycles. The Bertz CT molecular complexity index is 381. The summed E-state index contributed by atoms with van der Waals surface area (Å²) in [5.74, 6) is 0. The molecule has 2 rings (SSSR count). The summed E-state index contributed by atoms with van der Waals surface area (Å²) in [7, 11) is 2.23. The summed E-state index contributed by atoms with van der Waals surface area (Å²) in [6.07, 6.45) is 8.24. The zero-order valence-electron chi connectivity index (χ0n) is 12.5. The Morgan fingerprint density at radius 2 is 1.95 bits per heavy atom. The third kappa shape index (κ3) is 3.93. The zero-order chi connectivity index (χ0) is 13.7. The summed E-state index contributed by atoms with van der Waals surface area (Å²) < 4.78 is 0. The molecule has 0 aromatic carbocycles. The molecule has 0 amide bonds. The number of nitrogens with zero attached hydrogens (tertiary/aromatic N) is 2. The Morgan fingerprint density at radius 3 is 2.58 bits per heavy atom. The summed E-state index contributed by atoms with van der Waals surface area (Å²) in [5.41, 5.74) is 1.20. The first-order valence-corrected chi connectivity index (χ1v) is 8.44. The Hall–Kier alpha value is -0.610. The molecule has 1 saturated carbocycles. The highest BCUT2D eigenvalue weighted by molar-refractivity contribution is 7.15. The molecule has 0 saturated heterocycles. The van der Waals surface area contributed by atoms with Gasteiger partial charge >= 0.3 is 0 Å². The molecule has 0 atom stereocenters. The first-order chi connectivity index (χ1) is 9.22. The van der Waals surface area contributed by atoms with Gasteiger partial charge in [0.2, 0.25) is 0 Å². The smallest absolute Gasteiger partial charge is 0.185 e. The highest BCUT2D eigenvalue weighted by Crippen LogP contribution is 2.30. The zero-order valence-corrected chi connectivity index (χ0v) is 13.4. The Labute approximate surface area is 121 Å². The van der Waals surface area contributed by atoms with Gasteiger partial charge in [-0.15, -0.1) is 11.3 Å². The van der Waals surface area contributed by atoms with Crippen molar-refractivity contribution in [1.29, 1.82) is 0 Å². The lowest BCUT2D eigenvalue weighted by Gasteiger charge is -2.26. The van der Waals surface area contributed by atoms with E-state index in [1.807, 2.05) is 11.3 Å². The van der Waals surface area contributed by atoms with Crippen LogP contribution in [-0.4, -0.2) is 24.6 Å². The molecule has 4 heteroatoms. The highest BCUT2D eigenvalue weighted by Gasteiger charge is 2.20. The van der Waals surface area contributed by atoms with Crippen molar-refractivity contribution >= 4 is 16.5 Å².